The Balaban J connectivity index is 2.49. The first-order valence-corrected chi connectivity index (χ1v) is 6.69. The molecule has 0 heterocycles. The Morgan fingerprint density at radius 2 is 1.84 bits per heavy atom. The molecule has 0 aromatic heterocycles. The number of aliphatic hydroxyl groups excluding tert-OH is 1. The number of hydrogen-bond acceptors (Lipinski definition) is 3. The van der Waals surface area contributed by atoms with E-state index < -0.39 is 12.1 Å². The van der Waals surface area contributed by atoms with Gasteiger partial charge in [0, 0.05) is 6.42 Å². The summed E-state index contributed by atoms with van der Waals surface area (Å²) in [5, 5.41) is 12.9. The highest BCUT2D eigenvalue weighted by atomic mass is 16.3. The number of rotatable bonds is 6. The summed E-state index contributed by atoms with van der Waals surface area (Å²) in [6, 6.07) is 8.85. The number of nitrogens with one attached hydrogen (secondary N) is 1. The molecule has 0 aliphatic carbocycles. The molecule has 0 aliphatic heterocycles. The minimum atomic E-state index is -0.620. The second kappa shape index (κ2) is 7.26. The number of benzene rings is 1. The molecule has 0 fully saturated rings. The van der Waals surface area contributed by atoms with E-state index in [9.17, 15) is 9.90 Å². The van der Waals surface area contributed by atoms with E-state index in [0.717, 1.165) is 5.56 Å². The molecule has 19 heavy (non-hydrogen) atoms. The van der Waals surface area contributed by atoms with Gasteiger partial charge in [-0.1, -0.05) is 44.2 Å². The van der Waals surface area contributed by atoms with Crippen molar-refractivity contribution in [3.8, 4) is 0 Å². The Bertz CT molecular complexity index is 392. The maximum Gasteiger partial charge on any atom is 0.237 e. The molecular formula is C15H24N2O2. The smallest absolute Gasteiger partial charge is 0.237 e. The summed E-state index contributed by atoms with van der Waals surface area (Å²) in [5.74, 6) is -0.131. The van der Waals surface area contributed by atoms with Crippen LogP contribution in [0.2, 0.25) is 0 Å². The highest BCUT2D eigenvalue weighted by Crippen LogP contribution is 2.07. The van der Waals surface area contributed by atoms with Crippen molar-refractivity contribution in [2.24, 2.45) is 11.7 Å². The average Bonchev–Trinajstić information content (AvgIpc) is 2.38. The summed E-state index contributed by atoms with van der Waals surface area (Å²) < 4.78 is 0. The molecule has 0 saturated carbocycles. The van der Waals surface area contributed by atoms with Crippen LogP contribution >= 0.6 is 0 Å². The second-order valence-corrected chi connectivity index (χ2v) is 5.32. The number of hydrogen-bond donors (Lipinski definition) is 3. The fourth-order valence-electron chi connectivity index (χ4n) is 1.75. The minimum Gasteiger partial charge on any atom is -0.391 e. The number of amides is 1. The normalized spacial score (nSPS) is 15.9. The highest BCUT2D eigenvalue weighted by Gasteiger charge is 2.22. The Hall–Kier alpha value is -1.39. The van der Waals surface area contributed by atoms with Crippen molar-refractivity contribution in [1.82, 2.24) is 5.32 Å². The van der Waals surface area contributed by atoms with Gasteiger partial charge >= 0.3 is 0 Å². The summed E-state index contributed by atoms with van der Waals surface area (Å²) in [4.78, 5) is 11.8. The first-order chi connectivity index (χ1) is 8.91. The van der Waals surface area contributed by atoms with Crippen LogP contribution in [0.3, 0.4) is 0 Å². The third-order valence-electron chi connectivity index (χ3n) is 3.26. The van der Waals surface area contributed by atoms with E-state index in [1.807, 2.05) is 44.2 Å². The van der Waals surface area contributed by atoms with Crippen molar-refractivity contribution in [1.29, 1.82) is 0 Å². The molecule has 0 radical (unpaired) electrons. The van der Waals surface area contributed by atoms with Gasteiger partial charge in [-0.3, -0.25) is 4.79 Å². The van der Waals surface area contributed by atoms with E-state index in [4.69, 9.17) is 5.73 Å². The van der Waals surface area contributed by atoms with Gasteiger partial charge in [-0.25, -0.2) is 0 Å². The van der Waals surface area contributed by atoms with Crippen molar-refractivity contribution in [2.45, 2.75) is 45.4 Å². The summed E-state index contributed by atoms with van der Waals surface area (Å²) in [7, 11) is 0. The van der Waals surface area contributed by atoms with Gasteiger partial charge in [0.05, 0.1) is 18.2 Å². The monoisotopic (exact) mass is 264 g/mol. The van der Waals surface area contributed by atoms with Crippen LogP contribution in [-0.2, 0) is 11.2 Å². The summed E-state index contributed by atoms with van der Waals surface area (Å²) >= 11 is 0. The lowest BCUT2D eigenvalue weighted by Gasteiger charge is -2.23. The quantitative estimate of drug-likeness (QED) is 0.719. The van der Waals surface area contributed by atoms with Crippen LogP contribution in [-0.4, -0.2) is 29.2 Å². The molecule has 4 N–H and O–H groups in total. The molecular weight excluding hydrogens is 240 g/mol. The number of aliphatic hydroxyl groups is 1. The number of carbonyl (C=O) groups is 1. The third kappa shape index (κ3) is 5.01. The van der Waals surface area contributed by atoms with Crippen molar-refractivity contribution in [3.63, 3.8) is 0 Å². The Morgan fingerprint density at radius 1 is 1.26 bits per heavy atom. The number of carbonyl (C=O) groups excluding carboxylic acids is 1. The van der Waals surface area contributed by atoms with E-state index >= 15 is 0 Å². The van der Waals surface area contributed by atoms with Crippen molar-refractivity contribution < 1.29 is 9.90 Å². The van der Waals surface area contributed by atoms with Crippen LogP contribution in [0.5, 0.6) is 0 Å². The number of nitrogens with two attached hydrogens (primary N) is 1. The summed E-state index contributed by atoms with van der Waals surface area (Å²) in [5.41, 5.74) is 6.81. The minimum absolute atomic E-state index is 0.0819. The molecule has 106 valence electrons. The van der Waals surface area contributed by atoms with Crippen molar-refractivity contribution in [3.05, 3.63) is 35.9 Å². The van der Waals surface area contributed by atoms with Gasteiger partial charge in [-0.2, -0.15) is 0 Å². The summed E-state index contributed by atoms with van der Waals surface area (Å²) in [6.07, 6.45) is -0.107. The van der Waals surface area contributed by atoms with Crippen molar-refractivity contribution in [2.75, 3.05) is 0 Å². The van der Waals surface area contributed by atoms with Gasteiger partial charge < -0.3 is 16.2 Å². The lowest BCUT2D eigenvalue weighted by atomic mass is 10.0. The van der Waals surface area contributed by atoms with Crippen LogP contribution in [0.4, 0.5) is 0 Å². The maximum atomic E-state index is 11.8. The first-order valence-electron chi connectivity index (χ1n) is 6.69. The van der Waals surface area contributed by atoms with Gasteiger partial charge in [0.2, 0.25) is 5.91 Å². The van der Waals surface area contributed by atoms with E-state index in [1.165, 1.54) is 0 Å². The predicted molar refractivity (Wildman–Crippen MR) is 76.6 cm³/mol. The van der Waals surface area contributed by atoms with E-state index in [1.54, 1.807) is 6.92 Å². The molecule has 1 aromatic rings. The van der Waals surface area contributed by atoms with Crippen LogP contribution in [0.1, 0.15) is 26.3 Å². The second-order valence-electron chi connectivity index (χ2n) is 5.32. The highest BCUT2D eigenvalue weighted by molar-refractivity contribution is 5.82. The van der Waals surface area contributed by atoms with Crippen LogP contribution in [0, 0.1) is 5.92 Å². The van der Waals surface area contributed by atoms with E-state index in [2.05, 4.69) is 5.32 Å². The van der Waals surface area contributed by atoms with E-state index in [-0.39, 0.29) is 17.9 Å². The molecule has 0 spiro atoms. The Kier molecular flexibility index (Phi) is 5.99. The summed E-state index contributed by atoms with van der Waals surface area (Å²) in [6.45, 7) is 5.59. The third-order valence-corrected chi connectivity index (χ3v) is 3.26. The zero-order valence-electron chi connectivity index (χ0n) is 11.8. The van der Waals surface area contributed by atoms with E-state index in [0.29, 0.717) is 6.42 Å². The fourth-order valence-corrected chi connectivity index (χ4v) is 1.75. The molecule has 4 nitrogen and oxygen atoms in total. The lowest BCUT2D eigenvalue weighted by molar-refractivity contribution is -0.124. The van der Waals surface area contributed by atoms with Crippen molar-refractivity contribution >= 4 is 5.91 Å². The van der Waals surface area contributed by atoms with Crippen LogP contribution < -0.4 is 11.1 Å². The largest absolute Gasteiger partial charge is 0.391 e. The molecule has 1 amide bonds. The molecule has 3 atom stereocenters. The zero-order chi connectivity index (χ0) is 14.4. The van der Waals surface area contributed by atoms with Gasteiger partial charge in [-0.15, -0.1) is 0 Å². The maximum absolute atomic E-state index is 11.8. The van der Waals surface area contributed by atoms with Gasteiger partial charge in [0.15, 0.2) is 0 Å². The fraction of sp³-hybridized carbons (Fsp3) is 0.533. The molecule has 2 unspecified atom stereocenters. The molecule has 1 aromatic carbocycles. The molecule has 0 aliphatic rings. The van der Waals surface area contributed by atoms with Gasteiger partial charge in [0.25, 0.3) is 0 Å². The Labute approximate surface area is 115 Å². The topological polar surface area (TPSA) is 75.4 Å². The Morgan fingerprint density at radius 3 is 2.37 bits per heavy atom. The molecule has 1 rings (SSSR count). The SMILES string of the molecule is CC(NC(=O)[C@@H](N)C(C)C)C(O)Cc1ccccc1. The van der Waals surface area contributed by atoms with Gasteiger partial charge in [0.1, 0.15) is 0 Å². The average molecular weight is 264 g/mol. The molecule has 0 saturated heterocycles. The lowest BCUT2D eigenvalue weighted by Crippen LogP contribution is -2.50. The zero-order valence-corrected chi connectivity index (χ0v) is 11.8. The first kappa shape index (κ1) is 15.7. The molecule has 4 heteroatoms. The standard InChI is InChI=1S/C15H24N2O2/c1-10(2)14(16)15(19)17-11(3)13(18)9-12-7-5-4-6-8-12/h4-8,10-11,13-14,18H,9,16H2,1-3H3,(H,17,19)/t11?,13?,14-/m0/s1. The van der Waals surface area contributed by atoms with Gasteiger partial charge in [-0.05, 0) is 18.4 Å². The molecule has 0 bridgehead atoms. The predicted octanol–water partition coefficient (Wildman–Crippen LogP) is 1.08. The van der Waals surface area contributed by atoms with Crippen LogP contribution in [0.15, 0.2) is 30.3 Å². The van der Waals surface area contributed by atoms with Crippen LogP contribution in [0.25, 0.3) is 0 Å².